The molecule has 0 saturated heterocycles. The fourth-order valence-corrected chi connectivity index (χ4v) is 3.63. The molecular formula is C17H16N4O. The Morgan fingerprint density at radius 2 is 2.27 bits per heavy atom. The van der Waals surface area contributed by atoms with Crippen LogP contribution in [0.25, 0.3) is 5.82 Å². The van der Waals surface area contributed by atoms with Gasteiger partial charge in [-0.25, -0.2) is 9.67 Å². The number of nitrogens with zero attached hydrogens (tertiary/aromatic N) is 3. The normalized spacial score (nSPS) is 21.3. The van der Waals surface area contributed by atoms with E-state index < -0.39 is 5.91 Å². The lowest BCUT2D eigenvalue weighted by Gasteiger charge is -2.41. The fraction of sp³-hybridized carbons (Fsp3) is 0.353. The SMILES string of the molecule is CC#Cc1ccnc(-n2nc(C(N)=O)c3c2CC2CC3C2)c1. The third-order valence-corrected chi connectivity index (χ3v) is 4.61. The molecule has 110 valence electrons. The lowest BCUT2D eigenvalue weighted by atomic mass is 9.64. The molecule has 3 aliphatic rings. The van der Waals surface area contributed by atoms with Crippen molar-refractivity contribution >= 4 is 5.91 Å². The van der Waals surface area contributed by atoms with Gasteiger partial charge in [0, 0.05) is 17.3 Å². The van der Waals surface area contributed by atoms with E-state index in [2.05, 4.69) is 21.9 Å². The van der Waals surface area contributed by atoms with Gasteiger partial charge in [0.15, 0.2) is 11.5 Å². The highest BCUT2D eigenvalue weighted by atomic mass is 16.1. The Balaban J connectivity index is 1.89. The van der Waals surface area contributed by atoms with Gasteiger partial charge in [-0.3, -0.25) is 4.79 Å². The van der Waals surface area contributed by atoms with E-state index in [4.69, 9.17) is 5.73 Å². The van der Waals surface area contributed by atoms with Crippen LogP contribution in [0.15, 0.2) is 18.3 Å². The summed E-state index contributed by atoms with van der Waals surface area (Å²) in [5.41, 5.74) is 8.96. The van der Waals surface area contributed by atoms with Crippen molar-refractivity contribution in [2.45, 2.75) is 32.1 Å². The number of hydrogen-bond donors (Lipinski definition) is 1. The number of aromatic nitrogens is 3. The topological polar surface area (TPSA) is 73.8 Å². The number of primary amides is 1. The molecule has 2 bridgehead atoms. The van der Waals surface area contributed by atoms with Crippen molar-refractivity contribution in [2.24, 2.45) is 11.7 Å². The molecule has 5 nitrogen and oxygen atoms in total. The summed E-state index contributed by atoms with van der Waals surface area (Å²) < 4.78 is 1.79. The number of carbonyl (C=O) groups is 1. The number of hydrogen-bond acceptors (Lipinski definition) is 3. The van der Waals surface area contributed by atoms with Gasteiger partial charge in [-0.15, -0.1) is 5.92 Å². The fourth-order valence-electron chi connectivity index (χ4n) is 3.63. The van der Waals surface area contributed by atoms with E-state index in [1.807, 2.05) is 12.1 Å². The Hall–Kier alpha value is -2.61. The van der Waals surface area contributed by atoms with E-state index in [-0.39, 0.29) is 0 Å². The highest BCUT2D eigenvalue weighted by Gasteiger charge is 2.42. The third-order valence-electron chi connectivity index (χ3n) is 4.61. The van der Waals surface area contributed by atoms with Crippen LogP contribution in [0.5, 0.6) is 0 Å². The maximum absolute atomic E-state index is 11.8. The highest BCUT2D eigenvalue weighted by Crippen LogP contribution is 2.51. The minimum Gasteiger partial charge on any atom is -0.364 e. The Labute approximate surface area is 128 Å². The molecule has 3 aliphatic carbocycles. The lowest BCUT2D eigenvalue weighted by Crippen LogP contribution is -2.32. The molecule has 0 radical (unpaired) electrons. The number of rotatable bonds is 2. The molecule has 22 heavy (non-hydrogen) atoms. The Bertz CT molecular complexity index is 834. The summed E-state index contributed by atoms with van der Waals surface area (Å²) in [4.78, 5) is 16.1. The summed E-state index contributed by atoms with van der Waals surface area (Å²) in [5.74, 6) is 7.28. The molecule has 0 atom stereocenters. The molecule has 0 aromatic carbocycles. The predicted molar refractivity (Wildman–Crippen MR) is 81.6 cm³/mol. The molecule has 2 N–H and O–H groups in total. The van der Waals surface area contributed by atoms with Crippen LogP contribution in [0.3, 0.4) is 0 Å². The average Bonchev–Trinajstić information content (AvgIpc) is 2.87. The first-order chi connectivity index (χ1) is 10.7. The second kappa shape index (κ2) is 4.70. The predicted octanol–water partition coefficient (Wildman–Crippen LogP) is 1.79. The van der Waals surface area contributed by atoms with Gasteiger partial charge >= 0.3 is 0 Å². The number of carbonyl (C=O) groups excluding carboxylic acids is 1. The van der Waals surface area contributed by atoms with Crippen molar-refractivity contribution in [1.29, 1.82) is 0 Å². The second-order valence-corrected chi connectivity index (χ2v) is 6.00. The zero-order valence-electron chi connectivity index (χ0n) is 12.3. The van der Waals surface area contributed by atoms with E-state index in [1.165, 1.54) is 0 Å². The summed E-state index contributed by atoms with van der Waals surface area (Å²) in [6.45, 7) is 1.80. The van der Waals surface area contributed by atoms with Crippen LogP contribution >= 0.6 is 0 Å². The van der Waals surface area contributed by atoms with Crippen molar-refractivity contribution in [3.8, 4) is 17.7 Å². The molecule has 2 heterocycles. The van der Waals surface area contributed by atoms with Crippen molar-refractivity contribution in [3.63, 3.8) is 0 Å². The molecular weight excluding hydrogens is 276 g/mol. The lowest BCUT2D eigenvalue weighted by molar-refractivity contribution is 0.0991. The van der Waals surface area contributed by atoms with Crippen LogP contribution in [0.2, 0.25) is 0 Å². The minimum absolute atomic E-state index is 0.409. The molecule has 5 rings (SSSR count). The van der Waals surface area contributed by atoms with Crippen LogP contribution in [0.1, 0.15) is 53.0 Å². The van der Waals surface area contributed by atoms with Gasteiger partial charge in [-0.2, -0.15) is 5.10 Å². The van der Waals surface area contributed by atoms with E-state index in [9.17, 15) is 4.79 Å². The van der Waals surface area contributed by atoms with Crippen LogP contribution in [-0.2, 0) is 6.42 Å². The molecule has 1 fully saturated rings. The Morgan fingerprint density at radius 3 is 3.00 bits per heavy atom. The summed E-state index contributed by atoms with van der Waals surface area (Å²) in [5, 5.41) is 4.47. The van der Waals surface area contributed by atoms with E-state index in [0.29, 0.717) is 23.3 Å². The Morgan fingerprint density at radius 1 is 1.45 bits per heavy atom. The van der Waals surface area contributed by atoms with Crippen LogP contribution < -0.4 is 5.73 Å². The second-order valence-electron chi connectivity index (χ2n) is 6.00. The van der Waals surface area contributed by atoms with E-state index >= 15 is 0 Å². The first-order valence-electron chi connectivity index (χ1n) is 7.48. The van der Waals surface area contributed by atoms with E-state index in [1.54, 1.807) is 17.8 Å². The molecule has 2 aromatic heterocycles. The maximum atomic E-state index is 11.8. The maximum Gasteiger partial charge on any atom is 0.269 e. The summed E-state index contributed by atoms with van der Waals surface area (Å²) in [7, 11) is 0. The smallest absolute Gasteiger partial charge is 0.269 e. The molecule has 1 amide bonds. The molecule has 2 aromatic rings. The molecule has 0 unspecified atom stereocenters. The first-order valence-corrected chi connectivity index (χ1v) is 7.48. The van der Waals surface area contributed by atoms with Gasteiger partial charge in [0.1, 0.15) is 0 Å². The monoisotopic (exact) mass is 292 g/mol. The van der Waals surface area contributed by atoms with Gasteiger partial charge < -0.3 is 5.73 Å². The van der Waals surface area contributed by atoms with Crippen molar-refractivity contribution in [1.82, 2.24) is 14.8 Å². The van der Waals surface area contributed by atoms with Crippen LogP contribution in [0.4, 0.5) is 0 Å². The Kier molecular flexibility index (Phi) is 2.80. The number of pyridine rings is 1. The summed E-state index contributed by atoms with van der Waals surface area (Å²) in [6.07, 6.45) is 4.95. The zero-order valence-corrected chi connectivity index (χ0v) is 12.3. The van der Waals surface area contributed by atoms with Gasteiger partial charge in [0.05, 0.1) is 5.69 Å². The number of nitrogens with two attached hydrogens (primary N) is 1. The van der Waals surface area contributed by atoms with Crippen LogP contribution in [0, 0.1) is 17.8 Å². The zero-order chi connectivity index (χ0) is 15.3. The summed E-state index contributed by atoms with van der Waals surface area (Å²) in [6, 6.07) is 3.76. The van der Waals surface area contributed by atoms with Crippen LogP contribution in [-0.4, -0.2) is 20.7 Å². The van der Waals surface area contributed by atoms with E-state index in [0.717, 1.165) is 36.1 Å². The van der Waals surface area contributed by atoms with Gasteiger partial charge in [-0.05, 0) is 50.2 Å². The third kappa shape index (κ3) is 1.84. The van der Waals surface area contributed by atoms with Crippen molar-refractivity contribution in [2.75, 3.05) is 0 Å². The van der Waals surface area contributed by atoms with Gasteiger partial charge in [0.25, 0.3) is 5.91 Å². The van der Waals surface area contributed by atoms with Crippen molar-refractivity contribution < 1.29 is 4.79 Å². The van der Waals surface area contributed by atoms with Gasteiger partial charge in [0.2, 0.25) is 0 Å². The molecule has 1 saturated carbocycles. The molecule has 0 spiro atoms. The van der Waals surface area contributed by atoms with Crippen molar-refractivity contribution in [3.05, 3.63) is 40.8 Å². The molecule has 5 heteroatoms. The minimum atomic E-state index is -0.454. The quantitative estimate of drug-likeness (QED) is 0.858. The summed E-state index contributed by atoms with van der Waals surface area (Å²) >= 11 is 0. The largest absolute Gasteiger partial charge is 0.364 e. The number of amides is 1. The molecule has 0 aliphatic heterocycles. The average molecular weight is 292 g/mol. The highest BCUT2D eigenvalue weighted by molar-refractivity contribution is 5.93. The van der Waals surface area contributed by atoms with Gasteiger partial charge in [-0.1, -0.05) is 5.92 Å². The standard InChI is InChI=1S/C17H16N4O/c1-2-3-10-4-5-19-14(9-10)21-13-8-11-6-12(7-11)15(13)16(20-21)17(18)22/h4-5,9,11-12H,6-8H2,1H3,(H2,18,22). The first kappa shape index (κ1) is 13.1.